The molecule has 1 amide bonds. The molecule has 1 aliphatic heterocycles. The normalized spacial score (nSPS) is 23.3. The molecule has 1 saturated carbocycles. The van der Waals surface area contributed by atoms with E-state index < -0.39 is 0 Å². The van der Waals surface area contributed by atoms with Gasteiger partial charge in [0.2, 0.25) is 0 Å². The Balaban J connectivity index is 1.70. The Hall–Kier alpha value is -2.08. The summed E-state index contributed by atoms with van der Waals surface area (Å²) < 4.78 is 5.85. The SMILES string of the molecule is CCCOC1CCCC(NC(=O)c2c[nH]c3c2C(=O)CNC=C3C)C1. The number of allylic oxidation sites excluding steroid dienone is 1. The maximum Gasteiger partial charge on any atom is 0.253 e. The molecule has 2 aliphatic rings. The first-order valence-electron chi connectivity index (χ1n) is 9.17. The van der Waals surface area contributed by atoms with E-state index in [0.717, 1.165) is 50.0 Å². The minimum atomic E-state index is -0.179. The minimum absolute atomic E-state index is 0.0673. The topological polar surface area (TPSA) is 83.2 Å². The molecule has 2 heterocycles. The van der Waals surface area contributed by atoms with Crippen molar-refractivity contribution in [1.29, 1.82) is 0 Å². The lowest BCUT2D eigenvalue weighted by molar-refractivity contribution is 0.0200. The lowest BCUT2D eigenvalue weighted by atomic mass is 9.92. The fraction of sp³-hybridized carbons (Fsp3) is 0.579. The molecule has 2 atom stereocenters. The number of carbonyl (C=O) groups excluding carboxylic acids is 2. The third kappa shape index (κ3) is 3.95. The van der Waals surface area contributed by atoms with E-state index in [1.54, 1.807) is 12.4 Å². The molecule has 1 aromatic heterocycles. The van der Waals surface area contributed by atoms with E-state index in [1.807, 2.05) is 6.92 Å². The Labute approximate surface area is 148 Å². The second-order valence-corrected chi connectivity index (χ2v) is 6.91. The van der Waals surface area contributed by atoms with E-state index in [4.69, 9.17) is 4.74 Å². The number of nitrogens with one attached hydrogen (secondary N) is 3. The zero-order valence-corrected chi connectivity index (χ0v) is 15.0. The van der Waals surface area contributed by atoms with Gasteiger partial charge in [0.1, 0.15) is 0 Å². The molecule has 0 radical (unpaired) electrons. The van der Waals surface area contributed by atoms with Crippen LogP contribution in [0.2, 0.25) is 0 Å². The van der Waals surface area contributed by atoms with Crippen LogP contribution in [0.25, 0.3) is 5.57 Å². The summed E-state index contributed by atoms with van der Waals surface area (Å²) in [6.45, 7) is 4.99. The molecule has 1 fully saturated rings. The lowest BCUT2D eigenvalue weighted by Crippen LogP contribution is -2.41. The van der Waals surface area contributed by atoms with Crippen LogP contribution >= 0.6 is 0 Å². The largest absolute Gasteiger partial charge is 0.383 e. The molecule has 0 spiro atoms. The fourth-order valence-corrected chi connectivity index (χ4v) is 3.64. The van der Waals surface area contributed by atoms with Gasteiger partial charge in [0.05, 0.1) is 29.5 Å². The molecule has 136 valence electrons. The van der Waals surface area contributed by atoms with Gasteiger partial charge in [-0.25, -0.2) is 0 Å². The van der Waals surface area contributed by atoms with Crippen LogP contribution in [0.15, 0.2) is 12.4 Å². The molecule has 3 N–H and O–H groups in total. The fourth-order valence-electron chi connectivity index (χ4n) is 3.64. The molecule has 6 heteroatoms. The smallest absolute Gasteiger partial charge is 0.253 e. The number of ether oxygens (including phenoxy) is 1. The summed E-state index contributed by atoms with van der Waals surface area (Å²) in [6, 6.07) is 0.101. The molecular weight excluding hydrogens is 318 g/mol. The molecule has 1 aromatic rings. The summed E-state index contributed by atoms with van der Waals surface area (Å²) >= 11 is 0. The number of fused-ring (bicyclic) bond motifs is 1. The average Bonchev–Trinajstić information content (AvgIpc) is 3.00. The van der Waals surface area contributed by atoms with Crippen molar-refractivity contribution < 1.29 is 14.3 Å². The van der Waals surface area contributed by atoms with Gasteiger partial charge in [-0.15, -0.1) is 0 Å². The predicted octanol–water partition coefficient (Wildman–Crippen LogP) is 2.63. The van der Waals surface area contributed by atoms with Gasteiger partial charge in [-0.3, -0.25) is 9.59 Å². The molecule has 6 nitrogen and oxygen atoms in total. The summed E-state index contributed by atoms with van der Waals surface area (Å²) in [6.07, 6.45) is 8.58. The van der Waals surface area contributed by atoms with Crippen LogP contribution in [0.3, 0.4) is 0 Å². The van der Waals surface area contributed by atoms with E-state index in [2.05, 4.69) is 22.5 Å². The number of aromatic nitrogens is 1. The lowest BCUT2D eigenvalue weighted by Gasteiger charge is -2.29. The van der Waals surface area contributed by atoms with Gasteiger partial charge in [0, 0.05) is 25.0 Å². The van der Waals surface area contributed by atoms with E-state index >= 15 is 0 Å². The molecule has 0 aromatic carbocycles. The summed E-state index contributed by atoms with van der Waals surface area (Å²) in [5, 5.41) is 6.08. The van der Waals surface area contributed by atoms with Crippen molar-refractivity contribution in [1.82, 2.24) is 15.6 Å². The Kier molecular flexibility index (Phi) is 5.58. The van der Waals surface area contributed by atoms with Crippen LogP contribution in [0, 0.1) is 0 Å². The number of ketones is 1. The molecule has 0 saturated heterocycles. The first kappa shape index (κ1) is 17.7. The van der Waals surface area contributed by atoms with E-state index in [-0.39, 0.29) is 30.4 Å². The highest BCUT2D eigenvalue weighted by molar-refractivity contribution is 6.12. The number of amides is 1. The zero-order chi connectivity index (χ0) is 17.8. The Morgan fingerprint density at radius 3 is 3.04 bits per heavy atom. The van der Waals surface area contributed by atoms with Crippen LogP contribution < -0.4 is 10.6 Å². The highest BCUT2D eigenvalue weighted by Gasteiger charge is 2.28. The maximum absolute atomic E-state index is 12.8. The number of hydrogen-bond acceptors (Lipinski definition) is 4. The third-order valence-electron chi connectivity index (χ3n) is 4.90. The summed E-state index contributed by atoms with van der Waals surface area (Å²) in [5.41, 5.74) is 2.58. The quantitative estimate of drug-likeness (QED) is 0.766. The van der Waals surface area contributed by atoms with Crippen LogP contribution in [0.1, 0.15) is 72.4 Å². The predicted molar refractivity (Wildman–Crippen MR) is 96.5 cm³/mol. The second-order valence-electron chi connectivity index (χ2n) is 6.91. The highest BCUT2D eigenvalue weighted by atomic mass is 16.5. The van der Waals surface area contributed by atoms with Gasteiger partial charge in [0.15, 0.2) is 5.78 Å². The monoisotopic (exact) mass is 345 g/mol. The van der Waals surface area contributed by atoms with E-state index in [0.29, 0.717) is 11.1 Å². The minimum Gasteiger partial charge on any atom is -0.383 e. The van der Waals surface area contributed by atoms with Crippen LogP contribution in [-0.2, 0) is 4.74 Å². The van der Waals surface area contributed by atoms with Crippen molar-refractivity contribution in [3.05, 3.63) is 29.2 Å². The van der Waals surface area contributed by atoms with Gasteiger partial charge in [-0.1, -0.05) is 6.92 Å². The third-order valence-corrected chi connectivity index (χ3v) is 4.90. The molecule has 0 bridgehead atoms. The number of H-pyrrole nitrogens is 1. The summed E-state index contributed by atoms with van der Waals surface area (Å²) in [7, 11) is 0. The number of hydrogen-bond donors (Lipinski definition) is 3. The molecule has 1 aliphatic carbocycles. The van der Waals surface area contributed by atoms with Gasteiger partial charge in [0.25, 0.3) is 5.91 Å². The van der Waals surface area contributed by atoms with Crippen molar-refractivity contribution in [2.24, 2.45) is 0 Å². The molecule has 3 rings (SSSR count). The average molecular weight is 345 g/mol. The number of rotatable bonds is 5. The number of carbonyl (C=O) groups is 2. The van der Waals surface area contributed by atoms with Crippen molar-refractivity contribution in [3.63, 3.8) is 0 Å². The Morgan fingerprint density at radius 2 is 2.24 bits per heavy atom. The Bertz CT molecular complexity index is 677. The van der Waals surface area contributed by atoms with Crippen LogP contribution in [0.4, 0.5) is 0 Å². The van der Waals surface area contributed by atoms with Gasteiger partial charge >= 0.3 is 0 Å². The first-order chi connectivity index (χ1) is 12.1. The Morgan fingerprint density at radius 1 is 1.40 bits per heavy atom. The second kappa shape index (κ2) is 7.87. The van der Waals surface area contributed by atoms with Gasteiger partial charge in [-0.05, 0) is 44.6 Å². The number of Topliss-reactive ketones (excluding diaryl/α,β-unsaturated/α-hetero) is 1. The van der Waals surface area contributed by atoms with Crippen LogP contribution in [0.5, 0.6) is 0 Å². The molecular formula is C19H27N3O3. The maximum atomic E-state index is 12.8. The van der Waals surface area contributed by atoms with Crippen molar-refractivity contribution in [2.45, 2.75) is 58.1 Å². The zero-order valence-electron chi connectivity index (χ0n) is 15.0. The number of aromatic amines is 1. The molecule has 25 heavy (non-hydrogen) atoms. The standard InChI is InChI=1S/C19H27N3O3/c1-3-7-25-14-6-4-5-13(8-14)22-19(24)15-10-21-18-12(2)9-20-11-16(23)17(15)18/h9-10,13-14,20-21H,3-8,11H2,1-2H3,(H,22,24). The summed E-state index contributed by atoms with van der Waals surface area (Å²) in [4.78, 5) is 28.2. The van der Waals surface area contributed by atoms with Crippen LogP contribution in [-0.4, -0.2) is 42.0 Å². The van der Waals surface area contributed by atoms with E-state index in [1.165, 1.54) is 0 Å². The van der Waals surface area contributed by atoms with Gasteiger partial charge < -0.3 is 20.4 Å². The first-order valence-corrected chi connectivity index (χ1v) is 9.17. The van der Waals surface area contributed by atoms with E-state index in [9.17, 15) is 9.59 Å². The van der Waals surface area contributed by atoms with Crippen molar-refractivity contribution in [2.75, 3.05) is 13.2 Å². The van der Waals surface area contributed by atoms with Crippen molar-refractivity contribution in [3.8, 4) is 0 Å². The van der Waals surface area contributed by atoms with Crippen molar-refractivity contribution >= 4 is 17.3 Å². The highest BCUT2D eigenvalue weighted by Crippen LogP contribution is 2.25. The molecule has 2 unspecified atom stereocenters. The van der Waals surface area contributed by atoms with Gasteiger partial charge in [-0.2, -0.15) is 0 Å². The summed E-state index contributed by atoms with van der Waals surface area (Å²) in [5.74, 6) is -0.246.